The highest BCUT2D eigenvalue weighted by molar-refractivity contribution is 5.78. The number of carboxylic acid groups (broad SMARTS) is 3. The van der Waals surface area contributed by atoms with E-state index in [1.165, 1.54) is 64.2 Å². The van der Waals surface area contributed by atoms with Crippen LogP contribution in [0.1, 0.15) is 163 Å². The number of nitrogens with zero attached hydrogens (tertiary/aromatic N) is 1. The van der Waals surface area contributed by atoms with Crippen LogP contribution in [0.3, 0.4) is 0 Å². The van der Waals surface area contributed by atoms with Gasteiger partial charge in [0, 0.05) is 19.3 Å². The second kappa shape index (κ2) is 24.7. The Labute approximate surface area is 251 Å². The molecule has 0 aliphatic carbocycles. The highest BCUT2D eigenvalue weighted by atomic mass is 16.4. The maximum atomic E-state index is 12.6. The van der Waals surface area contributed by atoms with Crippen molar-refractivity contribution in [3.8, 4) is 0 Å². The summed E-state index contributed by atoms with van der Waals surface area (Å²) in [6.07, 6.45) is 24.6. The number of carbonyl (C=O) groups is 3. The third-order valence-electron chi connectivity index (χ3n) is 8.60. The third-order valence-corrected chi connectivity index (χ3v) is 8.60. The van der Waals surface area contributed by atoms with Crippen LogP contribution in [0.25, 0.3) is 0 Å². The first kappa shape index (κ1) is 39.1. The molecule has 3 atom stereocenters. The summed E-state index contributed by atoms with van der Waals surface area (Å²) in [6, 6.07) is -3.13. The molecule has 0 aromatic rings. The number of quaternary nitrogens is 1. The number of hydrogen-bond acceptors (Lipinski definition) is 3. The quantitative estimate of drug-likeness (QED) is 0.0461. The van der Waals surface area contributed by atoms with Crippen molar-refractivity contribution < 1.29 is 34.2 Å². The van der Waals surface area contributed by atoms with E-state index >= 15 is 0 Å². The maximum absolute atomic E-state index is 12.6. The number of hydrogen-bond donors (Lipinski definition) is 3. The average Bonchev–Trinajstić information content (AvgIpc) is 2.93. The molecule has 0 radical (unpaired) electrons. The van der Waals surface area contributed by atoms with Crippen LogP contribution in [0.15, 0.2) is 12.2 Å². The summed E-state index contributed by atoms with van der Waals surface area (Å²) in [5.74, 6) is -3.25. The second-order valence-corrected chi connectivity index (χ2v) is 11.9. The predicted molar refractivity (Wildman–Crippen MR) is 168 cm³/mol. The summed E-state index contributed by atoms with van der Waals surface area (Å²) < 4.78 is -0.370. The van der Waals surface area contributed by atoms with Gasteiger partial charge in [-0.3, -0.25) is 4.48 Å². The van der Waals surface area contributed by atoms with Crippen molar-refractivity contribution in [2.24, 2.45) is 0 Å². The van der Waals surface area contributed by atoms with Crippen LogP contribution in [-0.2, 0) is 14.4 Å². The van der Waals surface area contributed by atoms with E-state index in [-0.39, 0.29) is 30.3 Å². The van der Waals surface area contributed by atoms with Crippen molar-refractivity contribution in [1.82, 2.24) is 0 Å². The summed E-state index contributed by atoms with van der Waals surface area (Å²) in [4.78, 5) is 37.7. The molecule has 240 valence electrons. The molecule has 0 heterocycles. The summed E-state index contributed by atoms with van der Waals surface area (Å²) in [5.41, 5.74) is 0. The predicted octanol–water partition coefficient (Wildman–Crippen LogP) is 8.99. The molecule has 0 saturated heterocycles. The fourth-order valence-corrected chi connectivity index (χ4v) is 6.52. The number of allylic oxidation sites excluding steroid dienone is 2. The Bertz CT molecular complexity index is 662. The Kier molecular flexibility index (Phi) is 23.5. The van der Waals surface area contributed by atoms with Gasteiger partial charge < -0.3 is 15.3 Å². The molecule has 7 nitrogen and oxygen atoms in total. The summed E-state index contributed by atoms with van der Waals surface area (Å²) in [6.45, 7) is 8.08. The Morgan fingerprint density at radius 1 is 0.512 bits per heavy atom. The van der Waals surface area contributed by atoms with Gasteiger partial charge in [0.2, 0.25) is 0 Å². The Hall–Kier alpha value is -1.89. The topological polar surface area (TPSA) is 112 Å². The lowest BCUT2D eigenvalue weighted by molar-refractivity contribution is -0.973. The SMILES string of the molecule is CC/C=C/CCCCCCCCCCCCCCC[N+](C(CCC)C(=O)O)(C(CCC)C(=O)O)C(CCC)C(=O)O. The van der Waals surface area contributed by atoms with E-state index in [4.69, 9.17) is 0 Å². The standard InChI is InChI=1S/C34H63NO6/c1-5-9-10-11-12-13-14-15-16-17-18-19-20-21-22-23-24-28-35(29(25-6-2)32(36)37,30(26-7-3)33(38)39)31(27-8-4)34(40)41/h9-10,29-31H,5-8,11-28H2,1-4H3,(H2-,36,37,38,39,40,41)/p+1/b10-9+. The van der Waals surface area contributed by atoms with Gasteiger partial charge in [-0.1, -0.05) is 104 Å². The molecule has 3 unspecified atom stereocenters. The lowest BCUT2D eigenvalue weighted by atomic mass is 9.91. The van der Waals surface area contributed by atoms with Crippen LogP contribution >= 0.6 is 0 Å². The minimum atomic E-state index is -1.08. The Balaban J connectivity index is 4.97. The monoisotopic (exact) mass is 582 g/mol. The highest BCUT2D eigenvalue weighted by Gasteiger charge is 2.56. The maximum Gasteiger partial charge on any atom is 0.362 e. The minimum absolute atomic E-state index is 0.270. The van der Waals surface area contributed by atoms with Gasteiger partial charge in [-0.05, 0) is 51.4 Å². The van der Waals surface area contributed by atoms with E-state index in [2.05, 4.69) is 19.1 Å². The first-order chi connectivity index (χ1) is 19.7. The molecule has 41 heavy (non-hydrogen) atoms. The summed E-state index contributed by atoms with van der Waals surface area (Å²) in [5, 5.41) is 30.8. The smallest absolute Gasteiger partial charge is 0.362 e. The average molecular weight is 583 g/mol. The summed E-state index contributed by atoms with van der Waals surface area (Å²) in [7, 11) is 0. The van der Waals surface area contributed by atoms with Gasteiger partial charge in [-0.2, -0.15) is 0 Å². The van der Waals surface area contributed by atoms with Crippen molar-refractivity contribution in [2.75, 3.05) is 6.54 Å². The van der Waals surface area contributed by atoms with E-state index in [0.717, 1.165) is 25.7 Å². The Morgan fingerprint density at radius 2 is 0.829 bits per heavy atom. The largest absolute Gasteiger partial charge is 0.477 e. The zero-order chi connectivity index (χ0) is 30.9. The van der Waals surface area contributed by atoms with Crippen LogP contribution in [-0.4, -0.2) is 62.4 Å². The van der Waals surface area contributed by atoms with Gasteiger partial charge in [0.1, 0.15) is 0 Å². The van der Waals surface area contributed by atoms with Crippen LogP contribution in [0, 0.1) is 0 Å². The molecule has 0 aromatic heterocycles. The van der Waals surface area contributed by atoms with Crippen molar-refractivity contribution in [1.29, 1.82) is 0 Å². The number of aliphatic carboxylic acids is 3. The van der Waals surface area contributed by atoms with Gasteiger partial charge in [0.05, 0.1) is 6.54 Å². The molecule has 3 N–H and O–H groups in total. The van der Waals surface area contributed by atoms with Crippen LogP contribution in [0.5, 0.6) is 0 Å². The van der Waals surface area contributed by atoms with E-state index in [1.54, 1.807) is 0 Å². The highest BCUT2D eigenvalue weighted by Crippen LogP contribution is 2.34. The van der Waals surface area contributed by atoms with Crippen LogP contribution in [0.2, 0.25) is 0 Å². The normalized spacial score (nSPS) is 15.4. The van der Waals surface area contributed by atoms with E-state index in [1.807, 2.05) is 20.8 Å². The van der Waals surface area contributed by atoms with E-state index < -0.39 is 36.0 Å². The molecule has 0 spiro atoms. The molecular weight excluding hydrogens is 518 g/mol. The molecule has 0 rings (SSSR count). The van der Waals surface area contributed by atoms with Gasteiger partial charge in [0.15, 0.2) is 18.1 Å². The van der Waals surface area contributed by atoms with Crippen molar-refractivity contribution in [2.45, 2.75) is 181 Å². The molecule has 0 aromatic carbocycles. The third kappa shape index (κ3) is 15.2. The van der Waals surface area contributed by atoms with Crippen molar-refractivity contribution >= 4 is 17.9 Å². The fraction of sp³-hybridized carbons (Fsp3) is 0.853. The number of unbranched alkanes of at least 4 members (excludes halogenated alkanes) is 13. The first-order valence-corrected chi connectivity index (χ1v) is 16.9. The zero-order valence-electron chi connectivity index (χ0n) is 27.0. The van der Waals surface area contributed by atoms with E-state index in [9.17, 15) is 29.7 Å². The number of rotatable bonds is 29. The second-order valence-electron chi connectivity index (χ2n) is 11.9. The van der Waals surface area contributed by atoms with Crippen LogP contribution < -0.4 is 0 Å². The molecule has 0 saturated carbocycles. The van der Waals surface area contributed by atoms with Crippen LogP contribution in [0.4, 0.5) is 0 Å². The summed E-state index contributed by atoms with van der Waals surface area (Å²) >= 11 is 0. The zero-order valence-corrected chi connectivity index (χ0v) is 27.0. The van der Waals surface area contributed by atoms with Crippen molar-refractivity contribution in [3.63, 3.8) is 0 Å². The van der Waals surface area contributed by atoms with Gasteiger partial charge >= 0.3 is 17.9 Å². The van der Waals surface area contributed by atoms with Gasteiger partial charge in [-0.25, -0.2) is 14.4 Å². The first-order valence-electron chi connectivity index (χ1n) is 16.9. The molecular formula is C34H64NO6+. The molecule has 0 bridgehead atoms. The molecule has 0 fully saturated rings. The minimum Gasteiger partial charge on any atom is -0.477 e. The molecule has 7 heteroatoms. The van der Waals surface area contributed by atoms with Gasteiger partial charge in [-0.15, -0.1) is 0 Å². The van der Waals surface area contributed by atoms with Gasteiger partial charge in [0.25, 0.3) is 0 Å². The molecule has 0 aliphatic rings. The fourth-order valence-electron chi connectivity index (χ4n) is 6.52. The van der Waals surface area contributed by atoms with E-state index in [0.29, 0.717) is 25.7 Å². The molecule has 0 amide bonds. The Morgan fingerprint density at radius 3 is 1.12 bits per heavy atom. The lowest BCUT2D eigenvalue weighted by Crippen LogP contribution is -2.72. The number of carboxylic acids is 3. The van der Waals surface area contributed by atoms with Crippen molar-refractivity contribution in [3.05, 3.63) is 12.2 Å². The lowest BCUT2D eigenvalue weighted by Gasteiger charge is -2.50. The molecule has 0 aliphatic heterocycles.